The molecule has 0 unspecified atom stereocenters. The lowest BCUT2D eigenvalue weighted by Gasteiger charge is -2.17. The molecule has 0 aromatic heterocycles. The number of halogens is 2. The summed E-state index contributed by atoms with van der Waals surface area (Å²) in [4.78, 5) is 20.3. The Morgan fingerprint density at radius 3 is 2.41 bits per heavy atom. The van der Waals surface area contributed by atoms with Crippen molar-refractivity contribution in [3.8, 4) is 11.5 Å². The average Bonchev–Trinajstić information content (AvgIpc) is 3.01. The monoisotopic (exact) mass is 536 g/mol. The van der Waals surface area contributed by atoms with Crippen LogP contribution >= 0.6 is 39.3 Å². The van der Waals surface area contributed by atoms with E-state index >= 15 is 0 Å². The smallest absolute Gasteiger partial charge is 0.266 e. The Hall–Kier alpha value is -1.96. The Kier molecular flexibility index (Phi) is 8.68. The SMILES string of the molecule is CCOc1cc(OCC)c(/C=C2\SC(=Nc3ccc(Cl)cc3)N(CC(C)C)C2=O)cc1Br. The number of hydrogen-bond donors (Lipinski definition) is 0. The van der Waals surface area contributed by atoms with Gasteiger partial charge in [0.2, 0.25) is 0 Å². The van der Waals surface area contributed by atoms with Gasteiger partial charge in [-0.2, -0.15) is 0 Å². The number of amides is 1. The number of carbonyl (C=O) groups is 1. The fourth-order valence-electron chi connectivity index (χ4n) is 3.09. The summed E-state index contributed by atoms with van der Waals surface area (Å²) in [5, 5.41) is 1.30. The number of thioether (sulfide) groups is 1. The Morgan fingerprint density at radius 2 is 1.78 bits per heavy atom. The maximum absolute atomic E-state index is 13.3. The highest BCUT2D eigenvalue weighted by Gasteiger charge is 2.34. The van der Waals surface area contributed by atoms with E-state index in [0.717, 1.165) is 15.7 Å². The summed E-state index contributed by atoms with van der Waals surface area (Å²) in [5.41, 5.74) is 1.55. The molecule has 1 saturated heterocycles. The zero-order valence-corrected chi connectivity index (χ0v) is 21.7. The number of amidine groups is 1. The topological polar surface area (TPSA) is 51.1 Å². The molecule has 170 valence electrons. The van der Waals surface area contributed by atoms with Gasteiger partial charge in [-0.25, -0.2) is 4.99 Å². The first kappa shape index (κ1) is 24.7. The van der Waals surface area contributed by atoms with Gasteiger partial charge in [-0.05, 0) is 83.9 Å². The molecule has 0 saturated carbocycles. The quantitative estimate of drug-likeness (QED) is 0.335. The van der Waals surface area contributed by atoms with Gasteiger partial charge in [-0.3, -0.25) is 9.69 Å². The second kappa shape index (κ2) is 11.3. The summed E-state index contributed by atoms with van der Waals surface area (Å²) in [7, 11) is 0. The highest BCUT2D eigenvalue weighted by molar-refractivity contribution is 9.10. The molecule has 32 heavy (non-hydrogen) atoms. The molecular weight excluding hydrogens is 512 g/mol. The second-order valence-corrected chi connectivity index (χ2v) is 9.78. The first-order valence-corrected chi connectivity index (χ1v) is 12.5. The molecular formula is C24H26BrClN2O3S. The highest BCUT2D eigenvalue weighted by atomic mass is 79.9. The molecule has 0 N–H and O–H groups in total. The molecule has 0 radical (unpaired) electrons. The van der Waals surface area contributed by atoms with Crippen molar-refractivity contribution in [1.82, 2.24) is 4.90 Å². The number of ether oxygens (including phenoxy) is 2. The normalized spacial score (nSPS) is 16.5. The standard InChI is InChI=1S/C24H26BrClN2O3S/c1-5-30-20-13-21(31-6-2)19(25)11-16(20)12-22-23(29)28(14-15(3)4)24(32-22)27-18-9-7-17(26)8-10-18/h7-13,15H,5-6,14H2,1-4H3/b22-12-,27-24?. The Balaban J connectivity index is 2.01. The van der Waals surface area contributed by atoms with Crippen LogP contribution in [0.1, 0.15) is 33.3 Å². The van der Waals surface area contributed by atoms with Crippen LogP contribution in [0.3, 0.4) is 0 Å². The molecule has 8 heteroatoms. The minimum atomic E-state index is -0.0659. The number of rotatable bonds is 8. The number of carbonyl (C=O) groups excluding carboxylic acids is 1. The lowest BCUT2D eigenvalue weighted by atomic mass is 10.1. The summed E-state index contributed by atoms with van der Waals surface area (Å²) in [5.74, 6) is 1.60. The fourth-order valence-corrected chi connectivity index (χ4v) is 4.69. The van der Waals surface area contributed by atoms with Crippen molar-refractivity contribution in [2.24, 2.45) is 10.9 Å². The van der Waals surface area contributed by atoms with Gasteiger partial charge in [0.05, 0.1) is 28.3 Å². The maximum atomic E-state index is 13.3. The van der Waals surface area contributed by atoms with Crippen LogP contribution in [0.25, 0.3) is 6.08 Å². The first-order valence-electron chi connectivity index (χ1n) is 10.5. The summed E-state index contributed by atoms with van der Waals surface area (Å²) < 4.78 is 12.3. The number of aliphatic imine (C=N–C) groups is 1. The van der Waals surface area contributed by atoms with Crippen LogP contribution in [0.4, 0.5) is 5.69 Å². The molecule has 0 spiro atoms. The number of nitrogens with zero attached hydrogens (tertiary/aromatic N) is 2. The molecule has 0 aliphatic carbocycles. The lowest BCUT2D eigenvalue weighted by Crippen LogP contribution is -2.32. The second-order valence-electron chi connectivity index (χ2n) is 7.48. The predicted molar refractivity (Wildman–Crippen MR) is 137 cm³/mol. The summed E-state index contributed by atoms with van der Waals surface area (Å²) >= 11 is 10.9. The zero-order valence-electron chi connectivity index (χ0n) is 18.5. The van der Waals surface area contributed by atoms with Crippen LogP contribution in [0.15, 0.2) is 50.8 Å². The number of hydrogen-bond acceptors (Lipinski definition) is 5. The lowest BCUT2D eigenvalue weighted by molar-refractivity contribution is -0.122. The Bertz CT molecular complexity index is 1040. The van der Waals surface area contributed by atoms with Crippen LogP contribution in [-0.4, -0.2) is 35.7 Å². The summed E-state index contributed by atoms with van der Waals surface area (Å²) in [6, 6.07) is 11.0. The van der Waals surface area contributed by atoms with E-state index in [0.29, 0.717) is 52.3 Å². The van der Waals surface area contributed by atoms with Crippen molar-refractivity contribution in [3.05, 3.63) is 56.4 Å². The third-order valence-electron chi connectivity index (χ3n) is 4.44. The van der Waals surface area contributed by atoms with Crippen LogP contribution < -0.4 is 9.47 Å². The Labute approximate surface area is 207 Å². The molecule has 2 aromatic rings. The molecule has 1 heterocycles. The predicted octanol–water partition coefficient (Wildman–Crippen LogP) is 7.16. The van der Waals surface area contributed by atoms with Crippen molar-refractivity contribution in [3.63, 3.8) is 0 Å². The van der Waals surface area contributed by atoms with Gasteiger partial charge in [0.25, 0.3) is 5.91 Å². The molecule has 0 bridgehead atoms. The van der Waals surface area contributed by atoms with Gasteiger partial charge in [0, 0.05) is 23.2 Å². The van der Waals surface area contributed by atoms with Crippen molar-refractivity contribution in [1.29, 1.82) is 0 Å². The third-order valence-corrected chi connectivity index (χ3v) is 6.32. The molecule has 1 aliphatic rings. The minimum Gasteiger partial charge on any atom is -0.493 e. The molecule has 1 fully saturated rings. The average molecular weight is 538 g/mol. The maximum Gasteiger partial charge on any atom is 0.266 e. The van der Waals surface area contributed by atoms with Gasteiger partial charge in [0.15, 0.2) is 5.17 Å². The van der Waals surface area contributed by atoms with Gasteiger partial charge in [0.1, 0.15) is 11.5 Å². The molecule has 2 aromatic carbocycles. The number of benzene rings is 2. The van der Waals surface area contributed by atoms with Crippen LogP contribution in [0, 0.1) is 5.92 Å². The minimum absolute atomic E-state index is 0.0659. The largest absolute Gasteiger partial charge is 0.493 e. The van der Waals surface area contributed by atoms with E-state index in [-0.39, 0.29) is 5.91 Å². The van der Waals surface area contributed by atoms with Gasteiger partial charge < -0.3 is 9.47 Å². The summed E-state index contributed by atoms with van der Waals surface area (Å²) in [6.45, 7) is 9.66. The van der Waals surface area contributed by atoms with Gasteiger partial charge >= 0.3 is 0 Å². The van der Waals surface area contributed by atoms with Crippen molar-refractivity contribution >= 4 is 62.1 Å². The van der Waals surface area contributed by atoms with Crippen molar-refractivity contribution < 1.29 is 14.3 Å². The Morgan fingerprint density at radius 1 is 1.12 bits per heavy atom. The molecule has 1 amide bonds. The van der Waals surface area contributed by atoms with Crippen molar-refractivity contribution in [2.45, 2.75) is 27.7 Å². The zero-order chi connectivity index (χ0) is 23.3. The molecule has 5 nitrogen and oxygen atoms in total. The highest BCUT2D eigenvalue weighted by Crippen LogP contribution is 2.39. The van der Waals surface area contributed by atoms with Crippen molar-refractivity contribution in [2.75, 3.05) is 19.8 Å². The third kappa shape index (κ3) is 6.09. The molecule has 3 rings (SSSR count). The first-order chi connectivity index (χ1) is 15.3. The van der Waals surface area contributed by atoms with Gasteiger partial charge in [-0.15, -0.1) is 0 Å². The van der Waals surface area contributed by atoms with Crippen LogP contribution in [-0.2, 0) is 4.79 Å². The molecule has 1 aliphatic heterocycles. The van der Waals surface area contributed by atoms with E-state index in [1.165, 1.54) is 11.8 Å². The van der Waals surface area contributed by atoms with Crippen LogP contribution in [0.5, 0.6) is 11.5 Å². The van der Waals surface area contributed by atoms with E-state index in [9.17, 15) is 4.79 Å². The van der Waals surface area contributed by atoms with E-state index in [1.807, 2.05) is 44.2 Å². The van der Waals surface area contributed by atoms with Crippen LogP contribution in [0.2, 0.25) is 5.02 Å². The van der Waals surface area contributed by atoms with E-state index < -0.39 is 0 Å². The van der Waals surface area contributed by atoms with E-state index in [2.05, 4.69) is 29.8 Å². The molecule has 0 atom stereocenters. The fraction of sp³-hybridized carbons (Fsp3) is 0.333. The van der Waals surface area contributed by atoms with E-state index in [4.69, 9.17) is 26.1 Å². The summed E-state index contributed by atoms with van der Waals surface area (Å²) in [6.07, 6.45) is 1.86. The van der Waals surface area contributed by atoms with Gasteiger partial charge in [-0.1, -0.05) is 25.4 Å². The van der Waals surface area contributed by atoms with E-state index in [1.54, 1.807) is 17.0 Å².